The minimum atomic E-state index is -0.575. The summed E-state index contributed by atoms with van der Waals surface area (Å²) in [5.74, 6) is -0.395. The summed E-state index contributed by atoms with van der Waals surface area (Å²) in [6.45, 7) is 5.36. The second kappa shape index (κ2) is 12.0. The van der Waals surface area contributed by atoms with E-state index in [2.05, 4.69) is 24.0 Å². The topological polar surface area (TPSA) is 85.4 Å². The summed E-state index contributed by atoms with van der Waals surface area (Å²) in [5.41, 5.74) is 5.78. The molecule has 0 aliphatic carbocycles. The molecule has 0 fully saturated rings. The Bertz CT molecular complexity index is 1090. The van der Waals surface area contributed by atoms with Crippen LogP contribution >= 0.6 is 0 Å². The van der Waals surface area contributed by atoms with Gasteiger partial charge in [0.25, 0.3) is 5.91 Å². The fourth-order valence-corrected chi connectivity index (χ4v) is 3.97. The predicted octanol–water partition coefficient (Wildman–Crippen LogP) is 5.08. The van der Waals surface area contributed by atoms with Crippen LogP contribution in [0.2, 0.25) is 0 Å². The molecule has 1 aromatic heterocycles. The van der Waals surface area contributed by atoms with Gasteiger partial charge in [0.2, 0.25) is 5.91 Å². The van der Waals surface area contributed by atoms with Crippen LogP contribution in [0.1, 0.15) is 49.8 Å². The van der Waals surface area contributed by atoms with Crippen LogP contribution in [0.5, 0.6) is 0 Å². The Balaban J connectivity index is 1.73. The molecule has 0 aliphatic rings. The molecule has 2 amide bonds. The molecule has 0 aliphatic heterocycles. The van der Waals surface area contributed by atoms with E-state index in [0.717, 1.165) is 42.3 Å². The molecule has 1 heterocycles. The Morgan fingerprint density at radius 1 is 1.15 bits per heavy atom. The molecule has 0 bridgehead atoms. The van der Waals surface area contributed by atoms with Gasteiger partial charge in [-0.15, -0.1) is 0 Å². The molecular weight excluding hydrogens is 414 g/mol. The highest BCUT2D eigenvalue weighted by molar-refractivity contribution is 5.90. The monoisotopic (exact) mass is 447 g/mol. The maximum absolute atomic E-state index is 13.3. The number of aromatic nitrogens is 1. The van der Waals surface area contributed by atoms with E-state index in [1.54, 1.807) is 11.6 Å². The van der Waals surface area contributed by atoms with Crippen molar-refractivity contribution in [1.82, 2.24) is 15.4 Å². The van der Waals surface area contributed by atoms with Crippen molar-refractivity contribution in [2.45, 2.75) is 46.1 Å². The molecule has 174 valence electrons. The number of amides is 2. The number of hydrogen-bond acceptors (Lipinski definition) is 3. The molecule has 0 radical (unpaired) electrons. The maximum Gasteiger partial charge on any atom is 0.267 e. The van der Waals surface area contributed by atoms with Crippen molar-refractivity contribution in [3.05, 3.63) is 77.5 Å². The van der Waals surface area contributed by atoms with E-state index in [9.17, 15) is 9.59 Å². The smallest absolute Gasteiger partial charge is 0.267 e. The molecule has 3 N–H and O–H groups in total. The number of carbonyl (C=O) groups excluding carboxylic acids is 2. The quantitative estimate of drug-likeness (QED) is 0.218. The summed E-state index contributed by atoms with van der Waals surface area (Å²) in [5, 5.41) is 9.79. The fourth-order valence-electron chi connectivity index (χ4n) is 3.97. The first kappa shape index (κ1) is 24.3. The van der Waals surface area contributed by atoms with Crippen LogP contribution in [-0.2, 0) is 22.6 Å². The first-order chi connectivity index (χ1) is 16.0. The zero-order chi connectivity index (χ0) is 23.6. The Labute approximate surface area is 195 Å². The lowest BCUT2D eigenvalue weighted by atomic mass is 10.0. The number of hydrogen-bond donors (Lipinski definition) is 3. The van der Waals surface area contributed by atoms with E-state index in [1.807, 2.05) is 54.4 Å². The summed E-state index contributed by atoms with van der Waals surface area (Å²) in [7, 11) is 0. The van der Waals surface area contributed by atoms with Crippen molar-refractivity contribution in [1.29, 1.82) is 0 Å². The number of benzene rings is 2. The normalized spacial score (nSPS) is 12.2. The molecule has 1 unspecified atom stereocenters. The van der Waals surface area contributed by atoms with Gasteiger partial charge in [-0.05, 0) is 41.7 Å². The van der Waals surface area contributed by atoms with Crippen molar-refractivity contribution >= 4 is 28.8 Å². The number of rotatable bonds is 11. The van der Waals surface area contributed by atoms with Gasteiger partial charge in [-0.2, -0.15) is 0 Å². The van der Waals surface area contributed by atoms with Gasteiger partial charge in [0.1, 0.15) is 0 Å². The Kier molecular flexibility index (Phi) is 8.84. The summed E-state index contributed by atoms with van der Waals surface area (Å²) >= 11 is 0. The number of H-pyrrole nitrogens is 1. The van der Waals surface area contributed by atoms with Gasteiger partial charge < -0.3 is 9.88 Å². The predicted molar refractivity (Wildman–Crippen MR) is 132 cm³/mol. The maximum atomic E-state index is 13.3. The Morgan fingerprint density at radius 2 is 1.91 bits per heavy atom. The molecule has 33 heavy (non-hydrogen) atoms. The van der Waals surface area contributed by atoms with Crippen LogP contribution in [0.15, 0.2) is 60.8 Å². The molecule has 1 atom stereocenters. The molecule has 6 nitrogen and oxygen atoms in total. The van der Waals surface area contributed by atoms with Crippen LogP contribution in [0, 0.1) is 5.92 Å². The lowest BCUT2D eigenvalue weighted by molar-refractivity contribution is -0.135. The zero-order valence-corrected chi connectivity index (χ0v) is 19.4. The van der Waals surface area contributed by atoms with Crippen molar-refractivity contribution in [2.24, 2.45) is 5.92 Å². The SMILES string of the molecule is CCCCC(C)C(=O)N(CCc1c[nH]c2ccccc12)Cc1ccc(/C=C/C(=O)NO)cc1. The first-order valence-electron chi connectivity index (χ1n) is 11.6. The van der Waals surface area contributed by atoms with E-state index in [-0.39, 0.29) is 11.8 Å². The number of aromatic amines is 1. The third-order valence-corrected chi connectivity index (χ3v) is 5.94. The van der Waals surface area contributed by atoms with Crippen LogP contribution in [0.3, 0.4) is 0 Å². The van der Waals surface area contributed by atoms with Gasteiger partial charge in [-0.25, -0.2) is 5.48 Å². The van der Waals surface area contributed by atoms with E-state index in [4.69, 9.17) is 5.21 Å². The highest BCUT2D eigenvalue weighted by Gasteiger charge is 2.21. The minimum absolute atomic E-state index is 0.00730. The number of carbonyl (C=O) groups is 2. The van der Waals surface area contributed by atoms with Crippen molar-refractivity contribution in [3.8, 4) is 0 Å². The van der Waals surface area contributed by atoms with E-state index < -0.39 is 5.91 Å². The minimum Gasteiger partial charge on any atom is -0.361 e. The third kappa shape index (κ3) is 6.80. The van der Waals surface area contributed by atoms with Crippen molar-refractivity contribution < 1.29 is 14.8 Å². The first-order valence-corrected chi connectivity index (χ1v) is 11.6. The van der Waals surface area contributed by atoms with Crippen LogP contribution < -0.4 is 5.48 Å². The Hall–Kier alpha value is -3.38. The van der Waals surface area contributed by atoms with E-state index >= 15 is 0 Å². The number of nitrogens with zero attached hydrogens (tertiary/aromatic N) is 1. The van der Waals surface area contributed by atoms with Crippen molar-refractivity contribution in [2.75, 3.05) is 6.54 Å². The summed E-state index contributed by atoms with van der Waals surface area (Å²) in [6.07, 6.45) is 8.74. The van der Waals surface area contributed by atoms with Gasteiger partial charge in [0.15, 0.2) is 0 Å². The van der Waals surface area contributed by atoms with Gasteiger partial charge in [-0.3, -0.25) is 14.8 Å². The van der Waals surface area contributed by atoms with Crippen LogP contribution in [0.25, 0.3) is 17.0 Å². The number of fused-ring (bicyclic) bond motifs is 1. The van der Waals surface area contributed by atoms with Crippen LogP contribution in [-0.4, -0.2) is 33.5 Å². The van der Waals surface area contributed by atoms with Crippen molar-refractivity contribution in [3.63, 3.8) is 0 Å². The van der Waals surface area contributed by atoms with Gasteiger partial charge in [0.05, 0.1) is 0 Å². The number of unbranched alkanes of at least 4 members (excludes halogenated alkanes) is 1. The molecule has 6 heteroatoms. The van der Waals surface area contributed by atoms with Gasteiger partial charge in [0, 0.05) is 42.2 Å². The summed E-state index contributed by atoms with van der Waals surface area (Å²) in [4.78, 5) is 29.7. The molecule has 3 aromatic rings. The van der Waals surface area contributed by atoms with E-state index in [1.165, 1.54) is 17.0 Å². The summed E-state index contributed by atoms with van der Waals surface area (Å²) < 4.78 is 0. The highest BCUT2D eigenvalue weighted by atomic mass is 16.5. The summed E-state index contributed by atoms with van der Waals surface area (Å²) in [6, 6.07) is 16.0. The molecule has 3 rings (SSSR count). The average molecular weight is 448 g/mol. The molecule has 2 aromatic carbocycles. The highest BCUT2D eigenvalue weighted by Crippen LogP contribution is 2.20. The molecule has 0 saturated heterocycles. The largest absolute Gasteiger partial charge is 0.361 e. The fraction of sp³-hybridized carbons (Fsp3) is 0.333. The van der Waals surface area contributed by atoms with Gasteiger partial charge in [-0.1, -0.05) is 69.2 Å². The number of para-hydroxylation sites is 1. The Morgan fingerprint density at radius 3 is 2.64 bits per heavy atom. The van der Waals surface area contributed by atoms with E-state index in [0.29, 0.717) is 13.1 Å². The second-order valence-corrected chi connectivity index (χ2v) is 8.46. The molecular formula is C27H33N3O3. The zero-order valence-electron chi connectivity index (χ0n) is 19.4. The van der Waals surface area contributed by atoms with Gasteiger partial charge >= 0.3 is 0 Å². The lowest BCUT2D eigenvalue weighted by Crippen LogP contribution is -2.36. The third-order valence-electron chi connectivity index (χ3n) is 5.94. The number of nitrogens with one attached hydrogen (secondary N) is 2. The molecule has 0 saturated carbocycles. The second-order valence-electron chi connectivity index (χ2n) is 8.46. The molecule has 0 spiro atoms. The lowest BCUT2D eigenvalue weighted by Gasteiger charge is -2.26. The average Bonchev–Trinajstić information content (AvgIpc) is 3.26. The number of hydroxylamine groups is 1. The standard InChI is InChI=1S/C27H33N3O3/c1-3-4-7-20(2)27(32)30(17-16-23-18-28-25-9-6-5-8-24(23)25)19-22-12-10-21(11-13-22)14-15-26(31)29-33/h5-6,8-15,18,20,28,33H,3-4,7,16-17,19H2,1-2H3,(H,29,31)/b15-14+. The van der Waals surface area contributed by atoms with Crippen LogP contribution in [0.4, 0.5) is 0 Å².